The lowest BCUT2D eigenvalue weighted by Gasteiger charge is -2.36. The topological polar surface area (TPSA) is 48.7 Å². The van der Waals surface area contributed by atoms with Crippen molar-refractivity contribution in [2.45, 2.75) is 32.9 Å². The van der Waals surface area contributed by atoms with E-state index in [1.807, 2.05) is 13.2 Å². The molecule has 6 heteroatoms. The largest absolute Gasteiger partial charge is 0.356 e. The average Bonchev–Trinajstić information content (AvgIpc) is 3.11. The number of hydrogen-bond donors (Lipinski definition) is 1. The van der Waals surface area contributed by atoms with E-state index in [0.717, 1.165) is 70.4 Å². The van der Waals surface area contributed by atoms with Gasteiger partial charge in [0.05, 0.1) is 0 Å². The van der Waals surface area contributed by atoms with Crippen LogP contribution >= 0.6 is 0 Å². The maximum Gasteiger partial charge on any atom is 0.193 e. The van der Waals surface area contributed by atoms with Gasteiger partial charge in [0.15, 0.2) is 5.96 Å². The van der Waals surface area contributed by atoms with Crippen molar-refractivity contribution in [3.8, 4) is 0 Å². The highest BCUT2D eigenvalue weighted by Gasteiger charge is 2.19. The molecule has 0 amide bonds. The predicted molar refractivity (Wildman–Crippen MR) is 111 cm³/mol. The smallest absolute Gasteiger partial charge is 0.193 e. The number of rotatable bonds is 7. The molecule has 3 rings (SSSR count). The van der Waals surface area contributed by atoms with Gasteiger partial charge in [-0.25, -0.2) is 4.98 Å². The first-order valence-electron chi connectivity index (χ1n) is 9.96. The molecule has 6 nitrogen and oxygen atoms in total. The number of nitrogens with one attached hydrogen (secondary N) is 1. The molecule has 1 aliphatic heterocycles. The molecule has 146 valence electrons. The number of aliphatic imine (C=N–C) groups is 1. The highest BCUT2D eigenvalue weighted by atomic mass is 15.3. The number of hydrogen-bond acceptors (Lipinski definition) is 3. The number of guanidine groups is 1. The average molecular weight is 369 g/mol. The standard InChI is InChI=1S/C21H32N6/c1-19-23-11-13-26(19)12-7-6-10-24-21(22-2)27-16-14-25(15-17-27)18-20-8-4-3-5-9-20/h3-5,8-9,11,13H,6-7,10,12,14-18H2,1-2H3,(H,22,24). The summed E-state index contributed by atoms with van der Waals surface area (Å²) in [7, 11) is 1.88. The molecule has 1 aliphatic rings. The number of benzene rings is 1. The Morgan fingerprint density at radius 1 is 1.11 bits per heavy atom. The summed E-state index contributed by atoms with van der Waals surface area (Å²) in [6.07, 6.45) is 6.19. The molecular formula is C21H32N6. The number of aromatic nitrogens is 2. The molecule has 0 unspecified atom stereocenters. The van der Waals surface area contributed by atoms with Gasteiger partial charge in [-0.05, 0) is 25.3 Å². The van der Waals surface area contributed by atoms with Crippen molar-refractivity contribution in [3.05, 3.63) is 54.1 Å². The quantitative estimate of drug-likeness (QED) is 0.463. The molecule has 2 aromatic rings. The lowest BCUT2D eigenvalue weighted by atomic mass is 10.2. The Balaban J connectivity index is 1.34. The maximum absolute atomic E-state index is 4.48. The molecule has 0 bridgehead atoms. The minimum atomic E-state index is 0.963. The monoisotopic (exact) mass is 368 g/mol. The number of aryl methyl sites for hydroxylation is 2. The van der Waals surface area contributed by atoms with Crippen LogP contribution in [0, 0.1) is 6.92 Å². The van der Waals surface area contributed by atoms with E-state index in [-0.39, 0.29) is 0 Å². The Labute approximate surface area is 162 Å². The van der Waals surface area contributed by atoms with Crippen LogP contribution < -0.4 is 5.32 Å². The zero-order chi connectivity index (χ0) is 18.9. The molecule has 1 aromatic heterocycles. The first-order chi connectivity index (χ1) is 13.3. The van der Waals surface area contributed by atoms with Gasteiger partial charge < -0.3 is 14.8 Å². The van der Waals surface area contributed by atoms with Crippen LogP contribution in [-0.2, 0) is 13.1 Å². The Bertz CT molecular complexity index is 700. The van der Waals surface area contributed by atoms with E-state index in [0.29, 0.717) is 0 Å². The Kier molecular flexibility index (Phi) is 7.27. The van der Waals surface area contributed by atoms with E-state index in [2.05, 4.69) is 73.1 Å². The van der Waals surface area contributed by atoms with Crippen molar-refractivity contribution >= 4 is 5.96 Å². The second kappa shape index (κ2) is 10.1. The second-order valence-corrected chi connectivity index (χ2v) is 7.10. The van der Waals surface area contributed by atoms with Crippen LogP contribution in [0.5, 0.6) is 0 Å². The molecule has 1 N–H and O–H groups in total. The number of unbranched alkanes of at least 4 members (excludes halogenated alkanes) is 1. The van der Waals surface area contributed by atoms with E-state index >= 15 is 0 Å². The van der Waals surface area contributed by atoms with Crippen molar-refractivity contribution in [1.29, 1.82) is 0 Å². The fourth-order valence-electron chi connectivity index (χ4n) is 3.54. The molecule has 2 heterocycles. The van der Waals surface area contributed by atoms with Crippen LogP contribution in [0.3, 0.4) is 0 Å². The summed E-state index contributed by atoms with van der Waals surface area (Å²) in [5, 5.41) is 3.53. The van der Waals surface area contributed by atoms with Crippen molar-refractivity contribution in [1.82, 2.24) is 24.7 Å². The van der Waals surface area contributed by atoms with Gasteiger partial charge >= 0.3 is 0 Å². The van der Waals surface area contributed by atoms with Gasteiger partial charge in [-0.15, -0.1) is 0 Å². The molecular weight excluding hydrogens is 336 g/mol. The number of nitrogens with zero attached hydrogens (tertiary/aromatic N) is 5. The second-order valence-electron chi connectivity index (χ2n) is 7.10. The summed E-state index contributed by atoms with van der Waals surface area (Å²) in [5.41, 5.74) is 1.39. The van der Waals surface area contributed by atoms with Crippen LogP contribution in [0.15, 0.2) is 47.7 Å². The fourth-order valence-corrected chi connectivity index (χ4v) is 3.54. The SMILES string of the molecule is CN=C(NCCCCn1ccnc1C)N1CCN(Cc2ccccc2)CC1. The lowest BCUT2D eigenvalue weighted by Crippen LogP contribution is -2.52. The molecule has 0 aliphatic carbocycles. The molecule has 1 fully saturated rings. The zero-order valence-corrected chi connectivity index (χ0v) is 16.6. The molecule has 0 spiro atoms. The van der Waals surface area contributed by atoms with E-state index < -0.39 is 0 Å². The fraction of sp³-hybridized carbons (Fsp3) is 0.524. The Morgan fingerprint density at radius 2 is 1.89 bits per heavy atom. The van der Waals surface area contributed by atoms with Crippen LogP contribution in [0.25, 0.3) is 0 Å². The minimum absolute atomic E-state index is 0.963. The highest BCUT2D eigenvalue weighted by molar-refractivity contribution is 5.79. The van der Waals surface area contributed by atoms with Crippen molar-refractivity contribution in [2.24, 2.45) is 4.99 Å². The van der Waals surface area contributed by atoms with Gasteiger partial charge in [0.2, 0.25) is 0 Å². The summed E-state index contributed by atoms with van der Waals surface area (Å²) in [6, 6.07) is 10.7. The summed E-state index contributed by atoms with van der Waals surface area (Å²) in [6.45, 7) is 9.30. The molecule has 0 radical (unpaired) electrons. The third kappa shape index (κ3) is 5.82. The van der Waals surface area contributed by atoms with Crippen molar-refractivity contribution < 1.29 is 0 Å². The molecule has 0 atom stereocenters. The van der Waals surface area contributed by atoms with E-state index in [1.165, 1.54) is 5.56 Å². The summed E-state index contributed by atoms with van der Waals surface area (Å²) in [5.74, 6) is 2.13. The van der Waals surface area contributed by atoms with Gasteiger partial charge in [-0.3, -0.25) is 9.89 Å². The van der Waals surface area contributed by atoms with Crippen molar-refractivity contribution in [3.63, 3.8) is 0 Å². The minimum Gasteiger partial charge on any atom is -0.356 e. The molecule has 0 saturated carbocycles. The van der Waals surface area contributed by atoms with E-state index in [9.17, 15) is 0 Å². The van der Waals surface area contributed by atoms with Crippen LogP contribution in [0.2, 0.25) is 0 Å². The molecule has 1 saturated heterocycles. The van der Waals surface area contributed by atoms with E-state index in [1.54, 1.807) is 0 Å². The Hall–Kier alpha value is -2.34. The third-order valence-corrected chi connectivity index (χ3v) is 5.17. The van der Waals surface area contributed by atoms with Crippen molar-refractivity contribution in [2.75, 3.05) is 39.8 Å². The van der Waals surface area contributed by atoms with Gasteiger partial charge in [0, 0.05) is 65.3 Å². The summed E-state index contributed by atoms with van der Waals surface area (Å²) >= 11 is 0. The Morgan fingerprint density at radius 3 is 2.56 bits per heavy atom. The predicted octanol–water partition coefficient (Wildman–Crippen LogP) is 2.36. The zero-order valence-electron chi connectivity index (χ0n) is 16.6. The summed E-state index contributed by atoms with van der Waals surface area (Å²) < 4.78 is 2.21. The highest BCUT2D eigenvalue weighted by Crippen LogP contribution is 2.08. The molecule has 1 aromatic carbocycles. The van der Waals surface area contributed by atoms with Gasteiger partial charge in [0.25, 0.3) is 0 Å². The van der Waals surface area contributed by atoms with Gasteiger partial charge in [-0.2, -0.15) is 0 Å². The summed E-state index contributed by atoms with van der Waals surface area (Å²) in [4.78, 5) is 13.6. The third-order valence-electron chi connectivity index (χ3n) is 5.17. The lowest BCUT2D eigenvalue weighted by molar-refractivity contribution is 0.172. The molecule has 27 heavy (non-hydrogen) atoms. The van der Waals surface area contributed by atoms with Crippen LogP contribution in [0.1, 0.15) is 24.2 Å². The van der Waals surface area contributed by atoms with Crippen LogP contribution in [0.4, 0.5) is 0 Å². The maximum atomic E-state index is 4.48. The van der Waals surface area contributed by atoms with E-state index in [4.69, 9.17) is 0 Å². The van der Waals surface area contributed by atoms with Gasteiger partial charge in [-0.1, -0.05) is 30.3 Å². The number of imidazole rings is 1. The first-order valence-corrected chi connectivity index (χ1v) is 9.96. The van der Waals surface area contributed by atoms with Crippen LogP contribution in [-0.4, -0.2) is 65.1 Å². The normalized spacial score (nSPS) is 15.9. The van der Waals surface area contributed by atoms with Gasteiger partial charge in [0.1, 0.15) is 5.82 Å². The number of piperazine rings is 1. The first kappa shape index (κ1) is 19.4.